The summed E-state index contributed by atoms with van der Waals surface area (Å²) in [7, 11) is 0. The first-order valence-electron chi connectivity index (χ1n) is 9.88. The van der Waals surface area contributed by atoms with Crippen molar-refractivity contribution in [2.24, 2.45) is 0 Å². The number of ketones is 1. The second-order valence-corrected chi connectivity index (χ2v) is 7.18. The molecular formula is C23H23F2N2O2+. The molecule has 6 heteroatoms. The van der Waals surface area contributed by atoms with Crippen molar-refractivity contribution in [3.05, 3.63) is 72.2 Å². The van der Waals surface area contributed by atoms with E-state index in [0.29, 0.717) is 0 Å². The number of para-hydroxylation sites is 1. The smallest absolute Gasteiger partial charge is 0.387 e. The number of imidazole rings is 1. The minimum absolute atomic E-state index is 0.0818. The Morgan fingerprint density at radius 3 is 2.59 bits per heavy atom. The van der Waals surface area contributed by atoms with Gasteiger partial charge in [0, 0.05) is 12.0 Å². The van der Waals surface area contributed by atoms with Gasteiger partial charge in [-0.15, -0.1) is 0 Å². The molecule has 2 aromatic carbocycles. The molecular weight excluding hydrogens is 374 g/mol. The normalized spacial score (nSPS) is 13.8. The molecule has 0 saturated carbocycles. The van der Waals surface area contributed by atoms with Gasteiger partial charge in [-0.1, -0.05) is 42.5 Å². The van der Waals surface area contributed by atoms with Crippen LogP contribution in [0.1, 0.15) is 35.4 Å². The predicted molar refractivity (Wildman–Crippen MR) is 105 cm³/mol. The van der Waals surface area contributed by atoms with Crippen LogP contribution in [-0.2, 0) is 19.5 Å². The third kappa shape index (κ3) is 4.21. The number of nitrogens with zero attached hydrogens (tertiary/aromatic N) is 2. The Kier molecular flexibility index (Phi) is 5.69. The van der Waals surface area contributed by atoms with E-state index in [1.807, 2.05) is 29.0 Å². The van der Waals surface area contributed by atoms with Crippen molar-refractivity contribution >= 4 is 5.78 Å². The van der Waals surface area contributed by atoms with E-state index < -0.39 is 6.61 Å². The minimum atomic E-state index is -2.97. The van der Waals surface area contributed by atoms with Crippen LogP contribution in [0.2, 0.25) is 0 Å². The van der Waals surface area contributed by atoms with E-state index in [1.54, 1.807) is 12.1 Å². The van der Waals surface area contributed by atoms with E-state index in [-0.39, 0.29) is 23.6 Å². The molecule has 0 saturated heterocycles. The molecule has 0 spiro atoms. The van der Waals surface area contributed by atoms with Crippen LogP contribution in [0.15, 0.2) is 60.8 Å². The number of ether oxygens (including phenoxy) is 1. The molecule has 4 rings (SSSR count). The summed E-state index contributed by atoms with van der Waals surface area (Å²) in [5.41, 5.74) is 2.35. The molecule has 0 radical (unpaired) electrons. The number of carbonyl (C=O) groups is 1. The minimum Gasteiger partial charge on any atom is -0.434 e. The van der Waals surface area contributed by atoms with Crippen LogP contribution in [0.4, 0.5) is 8.78 Å². The predicted octanol–water partition coefficient (Wildman–Crippen LogP) is 4.65. The zero-order valence-corrected chi connectivity index (χ0v) is 16.1. The zero-order valence-electron chi connectivity index (χ0n) is 16.1. The Morgan fingerprint density at radius 1 is 1.03 bits per heavy atom. The first-order chi connectivity index (χ1) is 14.1. The fraction of sp³-hybridized carbons (Fsp3) is 0.304. The molecule has 1 aliphatic heterocycles. The molecule has 150 valence electrons. The fourth-order valence-electron chi connectivity index (χ4n) is 3.96. The summed E-state index contributed by atoms with van der Waals surface area (Å²) in [5, 5.41) is 0. The molecule has 0 N–H and O–H groups in total. The van der Waals surface area contributed by atoms with Gasteiger partial charge in [0.05, 0.1) is 12.1 Å². The molecule has 0 unspecified atom stereocenters. The van der Waals surface area contributed by atoms with E-state index >= 15 is 0 Å². The molecule has 4 nitrogen and oxygen atoms in total. The third-order valence-corrected chi connectivity index (χ3v) is 5.28. The Morgan fingerprint density at radius 2 is 1.79 bits per heavy atom. The summed E-state index contributed by atoms with van der Waals surface area (Å²) in [6.45, 7) is -1.97. The quantitative estimate of drug-likeness (QED) is 0.448. The third-order valence-electron chi connectivity index (χ3n) is 5.28. The van der Waals surface area contributed by atoms with Gasteiger partial charge >= 0.3 is 6.61 Å². The monoisotopic (exact) mass is 397 g/mol. The lowest BCUT2D eigenvalue weighted by molar-refractivity contribution is -0.690. The SMILES string of the molecule is O=C(C[n+]1cc(-c2ccccc2)n2c1CCCCC2)c1ccccc1OC(F)F. The van der Waals surface area contributed by atoms with Crippen LogP contribution in [0.25, 0.3) is 11.3 Å². The fourth-order valence-corrected chi connectivity index (χ4v) is 3.96. The first-order valence-corrected chi connectivity index (χ1v) is 9.88. The number of rotatable bonds is 6. The topological polar surface area (TPSA) is 35.1 Å². The van der Waals surface area contributed by atoms with Crippen LogP contribution < -0.4 is 9.30 Å². The molecule has 0 aliphatic carbocycles. The van der Waals surface area contributed by atoms with E-state index in [2.05, 4.69) is 21.4 Å². The summed E-state index contributed by atoms with van der Waals surface area (Å²) < 4.78 is 34.2. The molecule has 1 aromatic heterocycles. The van der Waals surface area contributed by atoms with E-state index in [0.717, 1.165) is 49.3 Å². The summed E-state index contributed by atoms with van der Waals surface area (Å²) >= 11 is 0. The standard InChI is InChI=1S/C23H23F2N2O2/c24-23(25)29-21-12-7-6-11-18(21)20(28)16-26-15-19(17-9-3-1-4-10-17)27-14-8-2-5-13-22(26)27/h1,3-4,6-7,9-12,15,23H,2,5,8,13-14,16H2/q+1. The molecule has 0 atom stereocenters. The first kappa shape index (κ1) is 19.3. The largest absolute Gasteiger partial charge is 0.434 e. The van der Waals surface area contributed by atoms with Gasteiger partial charge in [0.25, 0.3) is 5.82 Å². The van der Waals surface area contributed by atoms with Crippen molar-refractivity contribution in [1.82, 2.24) is 4.57 Å². The van der Waals surface area contributed by atoms with Gasteiger partial charge < -0.3 is 4.74 Å². The van der Waals surface area contributed by atoms with Gasteiger partial charge in [-0.05, 0) is 31.4 Å². The van der Waals surface area contributed by atoms with Gasteiger partial charge in [-0.2, -0.15) is 8.78 Å². The zero-order chi connectivity index (χ0) is 20.2. The van der Waals surface area contributed by atoms with Crippen molar-refractivity contribution in [1.29, 1.82) is 0 Å². The number of hydrogen-bond acceptors (Lipinski definition) is 2. The van der Waals surface area contributed by atoms with Crippen LogP contribution in [-0.4, -0.2) is 17.0 Å². The summed E-state index contributed by atoms with van der Waals surface area (Å²) in [4.78, 5) is 13.0. The van der Waals surface area contributed by atoms with Crippen LogP contribution in [0.3, 0.4) is 0 Å². The molecule has 3 aromatic rings. The Labute approximate surface area is 168 Å². The highest BCUT2D eigenvalue weighted by Crippen LogP contribution is 2.25. The van der Waals surface area contributed by atoms with Gasteiger partial charge in [0.2, 0.25) is 5.78 Å². The van der Waals surface area contributed by atoms with Crippen molar-refractivity contribution in [2.75, 3.05) is 0 Å². The van der Waals surface area contributed by atoms with Gasteiger partial charge in [0.1, 0.15) is 11.9 Å². The number of carbonyl (C=O) groups excluding carboxylic acids is 1. The van der Waals surface area contributed by atoms with Gasteiger partial charge in [-0.3, -0.25) is 4.79 Å². The maximum Gasteiger partial charge on any atom is 0.387 e. The molecule has 2 heterocycles. The maximum absolute atomic E-state index is 13.0. The average Bonchev–Trinajstić information content (AvgIpc) is 2.89. The summed E-state index contributed by atoms with van der Waals surface area (Å²) in [6, 6.07) is 16.3. The Balaban J connectivity index is 1.69. The molecule has 0 amide bonds. The number of alkyl halides is 2. The van der Waals surface area contributed by atoms with Gasteiger partial charge in [-0.25, -0.2) is 9.13 Å². The average molecular weight is 397 g/mol. The van der Waals surface area contributed by atoms with Crippen molar-refractivity contribution in [3.8, 4) is 17.0 Å². The molecule has 0 fully saturated rings. The highest BCUT2D eigenvalue weighted by molar-refractivity contribution is 5.97. The van der Waals surface area contributed by atoms with Crippen LogP contribution in [0, 0.1) is 0 Å². The highest BCUT2D eigenvalue weighted by Gasteiger charge is 2.28. The molecule has 0 bridgehead atoms. The van der Waals surface area contributed by atoms with E-state index in [9.17, 15) is 13.6 Å². The highest BCUT2D eigenvalue weighted by atomic mass is 19.3. The lowest BCUT2D eigenvalue weighted by atomic mass is 10.1. The molecule has 1 aliphatic rings. The second kappa shape index (κ2) is 8.55. The number of benzene rings is 2. The number of hydrogen-bond donors (Lipinski definition) is 0. The van der Waals surface area contributed by atoms with Crippen molar-refractivity contribution in [2.45, 2.75) is 45.4 Å². The second-order valence-electron chi connectivity index (χ2n) is 7.18. The summed E-state index contributed by atoms with van der Waals surface area (Å²) in [5.74, 6) is 0.771. The molecule has 29 heavy (non-hydrogen) atoms. The van der Waals surface area contributed by atoms with Crippen molar-refractivity contribution < 1.29 is 22.9 Å². The number of halogens is 2. The van der Waals surface area contributed by atoms with Crippen LogP contribution in [0.5, 0.6) is 5.75 Å². The van der Waals surface area contributed by atoms with Crippen molar-refractivity contribution in [3.63, 3.8) is 0 Å². The number of fused-ring (bicyclic) bond motifs is 1. The lowest BCUT2D eigenvalue weighted by Crippen LogP contribution is -2.41. The Bertz CT molecular complexity index is 999. The summed E-state index contributed by atoms with van der Waals surface area (Å²) in [6.07, 6.45) is 6.20. The van der Waals surface area contributed by atoms with E-state index in [1.165, 1.54) is 12.1 Å². The van der Waals surface area contributed by atoms with Crippen LogP contribution >= 0.6 is 0 Å². The van der Waals surface area contributed by atoms with E-state index in [4.69, 9.17) is 0 Å². The number of Topliss-reactive ketones (excluding diaryl/α,β-unsaturated/α-hetero) is 1. The van der Waals surface area contributed by atoms with Gasteiger partial charge in [0.15, 0.2) is 12.2 Å². The maximum atomic E-state index is 13.0. The lowest BCUT2D eigenvalue weighted by Gasteiger charge is -2.09. The Hall–Kier alpha value is -3.02. The number of aromatic nitrogens is 2.